The lowest BCUT2D eigenvalue weighted by atomic mass is 10.1. The molecule has 2 rings (SSSR count). The zero-order chi connectivity index (χ0) is 13.7. The number of amides is 1. The third kappa shape index (κ3) is 3.58. The highest BCUT2D eigenvalue weighted by Crippen LogP contribution is 2.17. The molecule has 0 saturated heterocycles. The fourth-order valence-corrected chi connectivity index (χ4v) is 1.78. The predicted octanol–water partition coefficient (Wildman–Crippen LogP) is 2.25. The molecular weight excluding hydrogens is 242 g/mol. The number of aromatic hydroxyl groups is 1. The topological polar surface area (TPSA) is 78.0 Å². The first-order valence-corrected chi connectivity index (χ1v) is 6.30. The summed E-state index contributed by atoms with van der Waals surface area (Å²) in [5.41, 5.74) is 1.75. The van der Waals surface area contributed by atoms with Crippen LogP contribution in [0, 0.1) is 0 Å². The van der Waals surface area contributed by atoms with Crippen LogP contribution in [0.25, 0.3) is 0 Å². The number of para-hydroxylation sites is 1. The summed E-state index contributed by atoms with van der Waals surface area (Å²) in [5.74, 6) is 0.653. The summed E-state index contributed by atoms with van der Waals surface area (Å²) < 4.78 is 0. The van der Waals surface area contributed by atoms with Crippen LogP contribution in [0.5, 0.6) is 5.75 Å². The Hall–Kier alpha value is -2.30. The standard InChI is InChI=1S/C14H17N3O2/c1-2-11-9-13(17-16-11)15-14(19)8-7-10-5-3-4-6-12(10)18/h3-6,9,18H,2,7-8H2,1H3,(H2,15,16,17,19). The minimum atomic E-state index is -0.114. The second-order valence-corrected chi connectivity index (χ2v) is 4.31. The van der Waals surface area contributed by atoms with Gasteiger partial charge in [-0.15, -0.1) is 0 Å². The maximum Gasteiger partial charge on any atom is 0.225 e. The fourth-order valence-electron chi connectivity index (χ4n) is 1.78. The molecule has 0 radical (unpaired) electrons. The Morgan fingerprint density at radius 2 is 2.21 bits per heavy atom. The summed E-state index contributed by atoms with van der Waals surface area (Å²) >= 11 is 0. The average molecular weight is 259 g/mol. The van der Waals surface area contributed by atoms with Gasteiger partial charge in [0, 0.05) is 18.2 Å². The molecule has 2 aromatic rings. The highest BCUT2D eigenvalue weighted by molar-refractivity contribution is 5.89. The van der Waals surface area contributed by atoms with Gasteiger partial charge in [0.25, 0.3) is 0 Å². The van der Waals surface area contributed by atoms with Crippen LogP contribution < -0.4 is 5.32 Å². The average Bonchev–Trinajstić information content (AvgIpc) is 2.85. The van der Waals surface area contributed by atoms with Crippen LogP contribution in [0.15, 0.2) is 30.3 Å². The first kappa shape index (κ1) is 13.1. The summed E-state index contributed by atoms with van der Waals surface area (Å²) in [6.07, 6.45) is 1.66. The fraction of sp³-hybridized carbons (Fsp3) is 0.286. The number of hydrogen-bond acceptors (Lipinski definition) is 3. The Balaban J connectivity index is 1.86. The summed E-state index contributed by atoms with van der Waals surface area (Å²) in [4.78, 5) is 11.7. The maximum absolute atomic E-state index is 11.7. The van der Waals surface area contributed by atoms with Crippen molar-refractivity contribution in [3.8, 4) is 5.75 Å². The number of aromatic nitrogens is 2. The Kier molecular flexibility index (Phi) is 4.18. The number of nitrogens with one attached hydrogen (secondary N) is 2. The molecule has 1 amide bonds. The molecule has 3 N–H and O–H groups in total. The molecule has 0 saturated carbocycles. The molecule has 5 nitrogen and oxygen atoms in total. The van der Waals surface area contributed by atoms with Gasteiger partial charge in [-0.25, -0.2) is 0 Å². The normalized spacial score (nSPS) is 10.4. The number of benzene rings is 1. The molecule has 0 aliphatic rings. The lowest BCUT2D eigenvalue weighted by Crippen LogP contribution is -2.12. The number of carbonyl (C=O) groups excluding carboxylic acids is 1. The zero-order valence-electron chi connectivity index (χ0n) is 10.8. The molecule has 100 valence electrons. The van der Waals surface area contributed by atoms with Gasteiger partial charge < -0.3 is 10.4 Å². The van der Waals surface area contributed by atoms with Gasteiger partial charge in [-0.2, -0.15) is 5.10 Å². The largest absolute Gasteiger partial charge is 0.508 e. The van der Waals surface area contributed by atoms with Gasteiger partial charge >= 0.3 is 0 Å². The lowest BCUT2D eigenvalue weighted by molar-refractivity contribution is -0.116. The highest BCUT2D eigenvalue weighted by Gasteiger charge is 2.07. The van der Waals surface area contributed by atoms with Crippen LogP contribution >= 0.6 is 0 Å². The lowest BCUT2D eigenvalue weighted by Gasteiger charge is -2.04. The molecule has 1 heterocycles. The number of carbonyl (C=O) groups is 1. The van der Waals surface area contributed by atoms with Crippen molar-refractivity contribution in [2.24, 2.45) is 0 Å². The van der Waals surface area contributed by atoms with Gasteiger partial charge in [-0.1, -0.05) is 25.1 Å². The van der Waals surface area contributed by atoms with E-state index in [1.54, 1.807) is 12.1 Å². The van der Waals surface area contributed by atoms with E-state index in [1.165, 1.54) is 0 Å². The van der Waals surface area contributed by atoms with Crippen molar-refractivity contribution in [3.05, 3.63) is 41.6 Å². The minimum Gasteiger partial charge on any atom is -0.508 e. The number of rotatable bonds is 5. The number of hydrogen-bond donors (Lipinski definition) is 3. The molecule has 0 aliphatic heterocycles. The van der Waals surface area contributed by atoms with Crippen molar-refractivity contribution in [3.63, 3.8) is 0 Å². The number of anilines is 1. The predicted molar refractivity (Wildman–Crippen MR) is 73.0 cm³/mol. The number of H-pyrrole nitrogens is 1. The summed E-state index contributed by atoms with van der Waals surface area (Å²) in [6, 6.07) is 8.85. The van der Waals surface area contributed by atoms with Crippen LogP contribution in [0.4, 0.5) is 5.82 Å². The second kappa shape index (κ2) is 6.04. The van der Waals surface area contributed by atoms with Gasteiger partial charge in [0.05, 0.1) is 0 Å². The Morgan fingerprint density at radius 3 is 2.89 bits per heavy atom. The first-order chi connectivity index (χ1) is 9.19. The van der Waals surface area contributed by atoms with Crippen molar-refractivity contribution < 1.29 is 9.90 Å². The van der Waals surface area contributed by atoms with Gasteiger partial charge in [0.1, 0.15) is 5.75 Å². The molecule has 0 atom stereocenters. The number of phenolic OH excluding ortho intramolecular Hbond substituents is 1. The minimum absolute atomic E-state index is 0.114. The Morgan fingerprint density at radius 1 is 1.42 bits per heavy atom. The molecule has 0 spiro atoms. The van der Waals surface area contributed by atoms with E-state index < -0.39 is 0 Å². The van der Waals surface area contributed by atoms with E-state index in [1.807, 2.05) is 25.1 Å². The molecule has 0 bridgehead atoms. The number of aryl methyl sites for hydroxylation is 2. The quantitative estimate of drug-likeness (QED) is 0.770. The zero-order valence-corrected chi connectivity index (χ0v) is 10.8. The number of phenols is 1. The third-order valence-electron chi connectivity index (χ3n) is 2.89. The van der Waals surface area contributed by atoms with Gasteiger partial charge in [-0.3, -0.25) is 9.89 Å². The first-order valence-electron chi connectivity index (χ1n) is 6.30. The SMILES string of the molecule is CCc1cc(NC(=O)CCc2ccccc2O)n[nH]1. The maximum atomic E-state index is 11.7. The van der Waals surface area contributed by atoms with Crippen LogP contribution in [0.2, 0.25) is 0 Å². The number of nitrogens with zero attached hydrogens (tertiary/aromatic N) is 1. The third-order valence-corrected chi connectivity index (χ3v) is 2.89. The molecule has 1 aromatic carbocycles. The van der Waals surface area contributed by atoms with E-state index in [9.17, 15) is 9.90 Å². The highest BCUT2D eigenvalue weighted by atomic mass is 16.3. The van der Waals surface area contributed by atoms with Crippen molar-refractivity contribution in [1.29, 1.82) is 0 Å². The van der Waals surface area contributed by atoms with Crippen molar-refractivity contribution in [1.82, 2.24) is 10.2 Å². The Bertz CT molecular complexity index is 563. The van der Waals surface area contributed by atoms with Crippen LogP contribution in [0.3, 0.4) is 0 Å². The van der Waals surface area contributed by atoms with Crippen molar-refractivity contribution in [2.45, 2.75) is 26.2 Å². The Labute approximate surface area is 111 Å². The van der Waals surface area contributed by atoms with E-state index in [0.717, 1.165) is 17.7 Å². The van der Waals surface area contributed by atoms with Gasteiger partial charge in [-0.05, 0) is 24.5 Å². The van der Waals surface area contributed by atoms with Gasteiger partial charge in [0.15, 0.2) is 5.82 Å². The van der Waals surface area contributed by atoms with Crippen LogP contribution in [-0.2, 0) is 17.6 Å². The molecular formula is C14H17N3O2. The molecule has 0 aliphatic carbocycles. The van der Waals surface area contributed by atoms with E-state index in [-0.39, 0.29) is 11.7 Å². The molecule has 5 heteroatoms. The molecule has 19 heavy (non-hydrogen) atoms. The van der Waals surface area contributed by atoms with E-state index in [0.29, 0.717) is 18.7 Å². The van der Waals surface area contributed by atoms with Crippen LogP contribution in [-0.4, -0.2) is 21.2 Å². The molecule has 1 aromatic heterocycles. The molecule has 0 unspecified atom stereocenters. The summed E-state index contributed by atoms with van der Waals surface area (Å²) in [6.45, 7) is 2.01. The monoisotopic (exact) mass is 259 g/mol. The van der Waals surface area contributed by atoms with Crippen molar-refractivity contribution in [2.75, 3.05) is 5.32 Å². The molecule has 0 fully saturated rings. The van der Waals surface area contributed by atoms with E-state index >= 15 is 0 Å². The van der Waals surface area contributed by atoms with Gasteiger partial charge in [0.2, 0.25) is 5.91 Å². The summed E-state index contributed by atoms with van der Waals surface area (Å²) in [7, 11) is 0. The smallest absolute Gasteiger partial charge is 0.225 e. The number of aromatic amines is 1. The van der Waals surface area contributed by atoms with E-state index in [2.05, 4.69) is 15.5 Å². The van der Waals surface area contributed by atoms with Crippen LogP contribution in [0.1, 0.15) is 24.6 Å². The van der Waals surface area contributed by atoms with Crippen molar-refractivity contribution >= 4 is 11.7 Å². The summed E-state index contributed by atoms with van der Waals surface area (Å²) in [5, 5.41) is 19.2. The second-order valence-electron chi connectivity index (χ2n) is 4.31. The van der Waals surface area contributed by atoms with E-state index in [4.69, 9.17) is 0 Å².